The molecule has 0 bridgehead atoms. The summed E-state index contributed by atoms with van der Waals surface area (Å²) in [6.45, 7) is 13.7. The predicted molar refractivity (Wildman–Crippen MR) is 132 cm³/mol. The van der Waals surface area contributed by atoms with Gasteiger partial charge in [-0.25, -0.2) is 0 Å². The van der Waals surface area contributed by atoms with E-state index in [1.807, 2.05) is 70.2 Å². The molecule has 0 fully saturated rings. The molecule has 1 nitrogen and oxygen atoms in total. The second kappa shape index (κ2) is 19.3. The van der Waals surface area contributed by atoms with Crippen molar-refractivity contribution in [2.24, 2.45) is 0 Å². The zero-order valence-electron chi connectivity index (χ0n) is 17.0. The molecule has 0 saturated heterocycles. The molecule has 0 spiro atoms. The lowest BCUT2D eigenvalue weighted by Crippen LogP contribution is -1.86. The minimum atomic E-state index is 0.675. The number of aryl methyl sites for hydroxylation is 1. The Morgan fingerprint density at radius 2 is 1.78 bits per heavy atom. The lowest BCUT2D eigenvalue weighted by Gasteiger charge is -2.04. The van der Waals surface area contributed by atoms with Gasteiger partial charge in [0.1, 0.15) is 0 Å². The van der Waals surface area contributed by atoms with Crippen LogP contribution in [0, 0.1) is 6.92 Å². The number of rotatable bonds is 4. The summed E-state index contributed by atoms with van der Waals surface area (Å²) in [4.78, 5) is 4.22. The Hall–Kier alpha value is -1.42. The van der Waals surface area contributed by atoms with Crippen LogP contribution in [0.5, 0.6) is 0 Å². The van der Waals surface area contributed by atoms with Crippen molar-refractivity contribution in [1.82, 2.24) is 4.98 Å². The average molecular weight is 422 g/mol. The lowest BCUT2D eigenvalue weighted by molar-refractivity contribution is 1.20. The molecule has 1 aromatic heterocycles. The molecule has 4 heteroatoms. The van der Waals surface area contributed by atoms with Gasteiger partial charge in [0.05, 0.1) is 5.02 Å². The maximum Gasteiger partial charge on any atom is 0.0595 e. The molecular formula is C23H32ClNS2. The van der Waals surface area contributed by atoms with Gasteiger partial charge in [-0.1, -0.05) is 85.7 Å². The molecule has 0 N–H and O–H groups in total. The molecule has 0 atom stereocenters. The highest BCUT2D eigenvalue weighted by molar-refractivity contribution is 8.59. The number of hydrogen-bond donors (Lipinski definition) is 2. The molecule has 27 heavy (non-hydrogen) atoms. The topological polar surface area (TPSA) is 12.9 Å². The van der Waals surface area contributed by atoms with Crippen LogP contribution >= 0.6 is 34.9 Å². The normalized spacial score (nSPS) is 9.85. The molecular weight excluding hydrogens is 390 g/mol. The Morgan fingerprint density at radius 3 is 2.30 bits per heavy atom. The summed E-state index contributed by atoms with van der Waals surface area (Å²) in [7, 11) is 0. The number of nitrogens with zero attached hydrogens (tertiary/aromatic N) is 1. The third-order valence-corrected chi connectivity index (χ3v) is 3.38. The van der Waals surface area contributed by atoms with E-state index in [0.29, 0.717) is 5.02 Å². The van der Waals surface area contributed by atoms with Crippen molar-refractivity contribution < 1.29 is 0 Å². The van der Waals surface area contributed by atoms with Gasteiger partial charge in [-0.3, -0.25) is 4.98 Å². The van der Waals surface area contributed by atoms with Gasteiger partial charge >= 0.3 is 0 Å². The van der Waals surface area contributed by atoms with Crippen LogP contribution in [0.1, 0.15) is 39.8 Å². The van der Waals surface area contributed by atoms with E-state index in [0.717, 1.165) is 23.2 Å². The van der Waals surface area contributed by atoms with E-state index in [9.17, 15) is 0 Å². The number of halogens is 1. The fourth-order valence-electron chi connectivity index (χ4n) is 1.97. The van der Waals surface area contributed by atoms with Gasteiger partial charge in [0.25, 0.3) is 0 Å². The van der Waals surface area contributed by atoms with Gasteiger partial charge in [0.15, 0.2) is 0 Å². The Labute approximate surface area is 181 Å². The highest BCUT2D eigenvalue weighted by Gasteiger charge is 2.02. The number of aromatic nitrogens is 1. The third-order valence-electron chi connectivity index (χ3n) is 3.18. The average Bonchev–Trinajstić information content (AvgIpc) is 2.72. The first-order chi connectivity index (χ1) is 13.1. The summed E-state index contributed by atoms with van der Waals surface area (Å²) in [6, 6.07) is 12.1. The van der Waals surface area contributed by atoms with Crippen molar-refractivity contribution in [2.45, 2.75) is 41.0 Å². The Bertz CT molecular complexity index is 680. The van der Waals surface area contributed by atoms with Gasteiger partial charge < -0.3 is 0 Å². The first-order valence-electron chi connectivity index (χ1n) is 8.85. The maximum atomic E-state index is 5.90. The zero-order chi connectivity index (χ0) is 21.1. The van der Waals surface area contributed by atoms with E-state index < -0.39 is 0 Å². The van der Waals surface area contributed by atoms with Crippen molar-refractivity contribution in [3.8, 4) is 11.1 Å². The predicted octanol–water partition coefficient (Wildman–Crippen LogP) is 8.58. The standard InChI is InChI=1S/C12H10ClN.C9H14.C2H6.H2S2/c1-9-12(7-11(13)8-14-9)10-5-3-2-4-6-10;1-4-6-8-9(3)7-5-2;2*1-2/h2-8H,1H3;4-6,8H,2,7H2,1,3H3;1-2H3;1-2H/b;6-4-,9-8-;;. The van der Waals surface area contributed by atoms with Crippen molar-refractivity contribution in [3.05, 3.63) is 89.8 Å². The summed E-state index contributed by atoms with van der Waals surface area (Å²) in [5.41, 5.74) is 4.60. The van der Waals surface area contributed by atoms with Crippen LogP contribution in [0.3, 0.4) is 0 Å². The maximum absolute atomic E-state index is 5.90. The molecule has 148 valence electrons. The minimum absolute atomic E-state index is 0.675. The quantitative estimate of drug-likeness (QED) is 0.218. The second-order valence-electron chi connectivity index (χ2n) is 5.18. The molecule has 2 rings (SSSR count). The molecule has 0 radical (unpaired) electrons. The van der Waals surface area contributed by atoms with E-state index in [-0.39, 0.29) is 0 Å². The van der Waals surface area contributed by atoms with E-state index >= 15 is 0 Å². The van der Waals surface area contributed by atoms with Gasteiger partial charge in [-0.15, -0.1) is 29.9 Å². The van der Waals surface area contributed by atoms with Gasteiger partial charge in [-0.2, -0.15) is 0 Å². The highest BCUT2D eigenvalue weighted by Crippen LogP contribution is 2.24. The molecule has 0 aliphatic rings. The fourth-order valence-corrected chi connectivity index (χ4v) is 2.13. The van der Waals surface area contributed by atoms with Crippen LogP contribution < -0.4 is 0 Å². The first-order valence-corrected chi connectivity index (χ1v) is 10.8. The summed E-state index contributed by atoms with van der Waals surface area (Å²) < 4.78 is 0. The van der Waals surface area contributed by atoms with E-state index in [4.69, 9.17) is 11.6 Å². The largest absolute Gasteiger partial charge is 0.259 e. The third kappa shape index (κ3) is 13.4. The number of hydrogen-bond acceptors (Lipinski definition) is 3. The van der Waals surface area contributed by atoms with Crippen LogP contribution in [0.4, 0.5) is 0 Å². The minimum Gasteiger partial charge on any atom is -0.259 e. The highest BCUT2D eigenvalue weighted by atomic mass is 35.5. The number of benzene rings is 1. The van der Waals surface area contributed by atoms with E-state index in [1.54, 1.807) is 6.20 Å². The van der Waals surface area contributed by atoms with Crippen LogP contribution in [-0.4, -0.2) is 4.98 Å². The summed E-state index contributed by atoms with van der Waals surface area (Å²) >= 11 is 12.3. The van der Waals surface area contributed by atoms with E-state index in [1.165, 1.54) is 5.57 Å². The Balaban J connectivity index is 0. The van der Waals surface area contributed by atoms with Crippen LogP contribution in [0.25, 0.3) is 11.1 Å². The molecule has 0 unspecified atom stereocenters. The fraction of sp³-hybridized carbons (Fsp3) is 0.261. The van der Waals surface area contributed by atoms with Crippen molar-refractivity contribution in [3.63, 3.8) is 0 Å². The molecule has 1 heterocycles. The van der Waals surface area contributed by atoms with E-state index in [2.05, 4.69) is 60.0 Å². The lowest BCUT2D eigenvalue weighted by atomic mass is 10.1. The number of thiol groups is 2. The van der Waals surface area contributed by atoms with Gasteiger partial charge in [-0.05, 0) is 38.8 Å². The zero-order valence-corrected chi connectivity index (χ0v) is 19.5. The van der Waals surface area contributed by atoms with Crippen molar-refractivity contribution in [1.29, 1.82) is 0 Å². The van der Waals surface area contributed by atoms with Crippen LogP contribution in [0.2, 0.25) is 5.02 Å². The Morgan fingerprint density at radius 1 is 1.19 bits per heavy atom. The molecule has 2 aromatic rings. The summed E-state index contributed by atoms with van der Waals surface area (Å²) in [6.07, 6.45) is 10.7. The van der Waals surface area contributed by atoms with Crippen molar-refractivity contribution in [2.75, 3.05) is 0 Å². The van der Waals surface area contributed by atoms with Crippen LogP contribution in [-0.2, 0) is 0 Å². The monoisotopic (exact) mass is 421 g/mol. The molecule has 0 aliphatic carbocycles. The molecule has 0 aliphatic heterocycles. The van der Waals surface area contributed by atoms with Crippen molar-refractivity contribution >= 4 is 34.9 Å². The SMILES string of the molecule is C=CC/C(C)=C\C=C/C.CC.Cc1ncc(Cl)cc1-c1ccccc1.SS. The summed E-state index contributed by atoms with van der Waals surface area (Å²) in [5.74, 6) is 0. The number of pyridine rings is 1. The second-order valence-corrected chi connectivity index (χ2v) is 5.62. The number of allylic oxidation sites excluding steroid dienone is 5. The molecule has 0 saturated carbocycles. The van der Waals surface area contributed by atoms with Gasteiger partial charge in [0, 0.05) is 17.5 Å². The van der Waals surface area contributed by atoms with Gasteiger partial charge in [0.2, 0.25) is 0 Å². The Kier molecular flexibility index (Phi) is 19.9. The molecule has 1 aromatic carbocycles. The summed E-state index contributed by atoms with van der Waals surface area (Å²) in [5, 5.41) is 0.675. The smallest absolute Gasteiger partial charge is 0.0595 e. The first kappa shape index (κ1) is 27.8. The van der Waals surface area contributed by atoms with Crippen LogP contribution in [0.15, 0.2) is 79.1 Å². The molecule has 0 amide bonds.